The summed E-state index contributed by atoms with van der Waals surface area (Å²) in [5.41, 5.74) is 3.40. The Morgan fingerprint density at radius 1 is 1.16 bits per heavy atom. The number of anilines is 2. The van der Waals surface area contributed by atoms with E-state index in [2.05, 4.69) is 28.4 Å². The molecule has 1 saturated carbocycles. The molecule has 1 aliphatic carbocycles. The maximum atomic E-state index is 12.6. The third-order valence-corrected chi connectivity index (χ3v) is 5.97. The summed E-state index contributed by atoms with van der Waals surface area (Å²) in [5.74, 6) is 1.21. The fourth-order valence-corrected chi connectivity index (χ4v) is 4.07. The Morgan fingerprint density at radius 2 is 1.97 bits per heavy atom. The number of rotatable bonds is 6. The van der Waals surface area contributed by atoms with Crippen molar-refractivity contribution in [3.63, 3.8) is 0 Å². The van der Waals surface area contributed by atoms with Gasteiger partial charge in [0.2, 0.25) is 5.88 Å². The first-order valence-electron chi connectivity index (χ1n) is 10.3. The lowest BCUT2D eigenvalue weighted by Gasteiger charge is -2.17. The van der Waals surface area contributed by atoms with Crippen molar-refractivity contribution in [3.05, 3.63) is 58.8 Å². The van der Waals surface area contributed by atoms with Crippen molar-refractivity contribution < 1.29 is 4.74 Å². The van der Waals surface area contributed by atoms with E-state index in [0.717, 1.165) is 23.3 Å². The number of fused-ring (bicyclic) bond motifs is 1. The monoisotopic (exact) mass is 419 g/mol. The minimum atomic E-state index is -0.192. The number of aryl methyl sites for hydroxylation is 3. The van der Waals surface area contributed by atoms with Crippen LogP contribution < -0.4 is 15.2 Å². The van der Waals surface area contributed by atoms with Gasteiger partial charge in [0.15, 0.2) is 0 Å². The van der Waals surface area contributed by atoms with Gasteiger partial charge >= 0.3 is 0 Å². The van der Waals surface area contributed by atoms with Gasteiger partial charge in [0.25, 0.3) is 5.56 Å². The fourth-order valence-electron chi connectivity index (χ4n) is 4.07. The molecule has 160 valence electrons. The summed E-state index contributed by atoms with van der Waals surface area (Å²) in [6.45, 7) is 0.539. The molecule has 5 rings (SSSR count). The second kappa shape index (κ2) is 7.26. The Hall–Kier alpha value is -3.62. The summed E-state index contributed by atoms with van der Waals surface area (Å²) < 4.78 is 11.0. The molecule has 0 spiro atoms. The van der Waals surface area contributed by atoms with E-state index in [9.17, 15) is 4.79 Å². The molecular formula is C22H25N7O2. The Labute approximate surface area is 179 Å². The lowest BCUT2D eigenvalue weighted by Crippen LogP contribution is -2.27. The average Bonchev–Trinajstić information content (AvgIpc) is 3.28. The predicted molar refractivity (Wildman–Crippen MR) is 118 cm³/mol. The summed E-state index contributed by atoms with van der Waals surface area (Å²) in [7, 11) is 7.29. The van der Waals surface area contributed by atoms with Crippen molar-refractivity contribution >= 4 is 22.3 Å². The van der Waals surface area contributed by atoms with E-state index in [1.54, 1.807) is 28.9 Å². The first kappa shape index (κ1) is 19.3. The maximum Gasteiger partial charge on any atom is 0.290 e. The summed E-state index contributed by atoms with van der Waals surface area (Å²) in [4.78, 5) is 14.4. The van der Waals surface area contributed by atoms with Crippen LogP contribution in [0.3, 0.4) is 0 Å². The fraction of sp³-hybridized carbons (Fsp3) is 0.364. The van der Waals surface area contributed by atoms with Gasteiger partial charge in [-0.05, 0) is 12.5 Å². The highest BCUT2D eigenvalue weighted by atomic mass is 16.5. The molecule has 0 N–H and O–H groups in total. The number of benzene rings is 1. The van der Waals surface area contributed by atoms with E-state index >= 15 is 0 Å². The molecule has 31 heavy (non-hydrogen) atoms. The number of nitrogens with zero attached hydrogens (tertiary/aromatic N) is 7. The van der Waals surface area contributed by atoms with Gasteiger partial charge in [0.05, 0.1) is 29.7 Å². The van der Waals surface area contributed by atoms with Gasteiger partial charge in [0.1, 0.15) is 5.69 Å². The van der Waals surface area contributed by atoms with Crippen LogP contribution in [0.5, 0.6) is 5.88 Å². The molecule has 0 unspecified atom stereocenters. The van der Waals surface area contributed by atoms with Gasteiger partial charge in [-0.2, -0.15) is 10.2 Å². The molecule has 3 aromatic heterocycles. The molecular weight excluding hydrogens is 394 g/mol. The van der Waals surface area contributed by atoms with Gasteiger partial charge < -0.3 is 9.64 Å². The van der Waals surface area contributed by atoms with Crippen molar-refractivity contribution in [1.29, 1.82) is 0 Å². The zero-order valence-corrected chi connectivity index (χ0v) is 18.1. The molecule has 3 heterocycles. The van der Waals surface area contributed by atoms with Gasteiger partial charge in [-0.3, -0.25) is 14.2 Å². The number of hydrogen-bond acceptors (Lipinski definition) is 6. The molecule has 2 atom stereocenters. The number of aromatic nitrogens is 6. The minimum absolute atomic E-state index is 0.192. The van der Waals surface area contributed by atoms with Gasteiger partial charge in [-0.1, -0.05) is 18.2 Å². The summed E-state index contributed by atoms with van der Waals surface area (Å²) in [6.07, 6.45) is 4.61. The molecule has 0 aliphatic heterocycles. The van der Waals surface area contributed by atoms with Crippen LogP contribution in [-0.2, 0) is 21.1 Å². The molecule has 1 fully saturated rings. The molecule has 9 heteroatoms. The highest BCUT2D eigenvalue weighted by Gasteiger charge is 2.42. The van der Waals surface area contributed by atoms with Crippen LogP contribution >= 0.6 is 0 Å². The Balaban J connectivity index is 1.32. The van der Waals surface area contributed by atoms with Gasteiger partial charge in [-0.25, -0.2) is 4.68 Å². The van der Waals surface area contributed by atoms with E-state index in [0.29, 0.717) is 30.0 Å². The first-order chi connectivity index (χ1) is 14.9. The first-order valence-corrected chi connectivity index (χ1v) is 10.3. The SMILES string of the molecule is CN(c1cnn(C)c1)c1cc(OC[C@@H]2C[C@H]2c2nn(C)c3ccccc23)nn(C)c1=O. The standard InChI is InChI=1S/C22H25N7O2/c1-26-12-15(11-23-26)27(2)19-10-20(24-29(4)22(19)30)31-13-14-9-17(14)21-16-7-5-6-8-18(16)28(3)25-21/h5-8,10-12,14,17H,9,13H2,1-4H3/t14-,17+/m0/s1. The van der Waals surface area contributed by atoms with E-state index in [-0.39, 0.29) is 5.56 Å². The van der Waals surface area contributed by atoms with Crippen LogP contribution in [0.15, 0.2) is 47.5 Å². The topological polar surface area (TPSA) is 83.0 Å². The number of para-hydroxylation sites is 1. The summed E-state index contributed by atoms with van der Waals surface area (Å²) in [5, 5.41) is 14.4. The van der Waals surface area contributed by atoms with Crippen LogP contribution in [-0.4, -0.2) is 43.0 Å². The lowest BCUT2D eigenvalue weighted by atomic mass is 10.1. The van der Waals surface area contributed by atoms with E-state index in [4.69, 9.17) is 9.84 Å². The smallest absolute Gasteiger partial charge is 0.290 e. The second-order valence-corrected chi connectivity index (χ2v) is 8.17. The Bertz CT molecular complexity index is 1320. The summed E-state index contributed by atoms with van der Waals surface area (Å²) in [6, 6.07) is 10.0. The lowest BCUT2D eigenvalue weighted by molar-refractivity contribution is 0.278. The second-order valence-electron chi connectivity index (χ2n) is 8.17. The van der Waals surface area contributed by atoms with Crippen LogP contribution in [0.25, 0.3) is 10.9 Å². The van der Waals surface area contributed by atoms with Crippen LogP contribution in [0.2, 0.25) is 0 Å². The van der Waals surface area contributed by atoms with E-state index in [1.807, 2.05) is 38.1 Å². The van der Waals surface area contributed by atoms with Crippen molar-refractivity contribution in [2.45, 2.75) is 12.3 Å². The summed E-state index contributed by atoms with van der Waals surface area (Å²) >= 11 is 0. The van der Waals surface area contributed by atoms with E-state index < -0.39 is 0 Å². The third kappa shape index (κ3) is 3.45. The van der Waals surface area contributed by atoms with Gasteiger partial charge in [0, 0.05) is 57.7 Å². The van der Waals surface area contributed by atoms with Crippen molar-refractivity contribution in [2.75, 3.05) is 18.6 Å². The minimum Gasteiger partial charge on any atom is -0.476 e. The number of hydrogen-bond donors (Lipinski definition) is 0. The molecule has 0 amide bonds. The Kier molecular flexibility index (Phi) is 4.53. The molecule has 4 aromatic rings. The zero-order chi connectivity index (χ0) is 21.7. The largest absolute Gasteiger partial charge is 0.476 e. The van der Waals surface area contributed by atoms with Gasteiger partial charge in [-0.15, -0.1) is 5.10 Å². The highest BCUT2D eigenvalue weighted by Crippen LogP contribution is 2.48. The quantitative estimate of drug-likeness (QED) is 0.477. The molecule has 0 saturated heterocycles. The molecule has 0 radical (unpaired) electrons. The zero-order valence-electron chi connectivity index (χ0n) is 18.1. The number of ether oxygens (including phenoxy) is 1. The normalized spacial score (nSPS) is 17.8. The highest BCUT2D eigenvalue weighted by molar-refractivity contribution is 5.82. The predicted octanol–water partition coefficient (Wildman–Crippen LogP) is 2.35. The van der Waals surface area contributed by atoms with E-state index in [1.165, 1.54) is 10.1 Å². The molecule has 0 bridgehead atoms. The average molecular weight is 419 g/mol. The maximum absolute atomic E-state index is 12.6. The third-order valence-electron chi connectivity index (χ3n) is 5.97. The van der Waals surface area contributed by atoms with Crippen LogP contribution in [0, 0.1) is 5.92 Å². The molecule has 1 aromatic carbocycles. The molecule has 9 nitrogen and oxygen atoms in total. The van der Waals surface area contributed by atoms with Crippen LogP contribution in [0.1, 0.15) is 18.0 Å². The van der Waals surface area contributed by atoms with Crippen molar-refractivity contribution in [1.82, 2.24) is 29.3 Å². The Morgan fingerprint density at radius 3 is 2.74 bits per heavy atom. The molecule has 1 aliphatic rings. The van der Waals surface area contributed by atoms with Crippen molar-refractivity contribution in [2.24, 2.45) is 27.1 Å². The van der Waals surface area contributed by atoms with Crippen molar-refractivity contribution in [3.8, 4) is 5.88 Å². The van der Waals surface area contributed by atoms with Crippen LogP contribution in [0.4, 0.5) is 11.4 Å².